The van der Waals surface area contributed by atoms with E-state index in [1.54, 1.807) is 84.7 Å². The molecule has 29 heavy (non-hydrogen) atoms. The lowest BCUT2D eigenvalue weighted by Gasteiger charge is -2.19. The highest BCUT2D eigenvalue weighted by Gasteiger charge is 2.20. The Hall–Kier alpha value is -3.73. The maximum atomic E-state index is 13.0. The third-order valence-corrected chi connectivity index (χ3v) is 4.58. The lowest BCUT2D eigenvalue weighted by Crippen LogP contribution is -2.28. The lowest BCUT2D eigenvalue weighted by molar-refractivity contribution is 0.0600. The van der Waals surface area contributed by atoms with Crippen molar-refractivity contribution in [3.05, 3.63) is 107 Å². The Bertz CT molecular complexity index is 1030. The van der Waals surface area contributed by atoms with Gasteiger partial charge in [-0.1, -0.05) is 60.7 Å². The van der Waals surface area contributed by atoms with Gasteiger partial charge in [0.1, 0.15) is 0 Å². The molecular weight excluding hydrogens is 366 g/mol. The number of carbonyl (C=O) groups excluding carboxylic acids is 3. The quantitative estimate of drug-likeness (QED) is 0.474. The van der Waals surface area contributed by atoms with E-state index >= 15 is 0 Å². The molecule has 5 nitrogen and oxygen atoms in total. The highest BCUT2D eigenvalue weighted by molar-refractivity contribution is 6.15. The summed E-state index contributed by atoms with van der Waals surface area (Å²) < 4.78 is 4.69. The number of carbonyl (C=O) groups is 3. The minimum absolute atomic E-state index is 0.189. The van der Waals surface area contributed by atoms with Crippen LogP contribution in [-0.4, -0.2) is 36.7 Å². The molecule has 3 rings (SSSR count). The summed E-state index contributed by atoms with van der Waals surface area (Å²) in [5.41, 5.74) is 2.57. The number of ketones is 1. The molecule has 0 spiro atoms. The Balaban J connectivity index is 1.80. The second kappa shape index (κ2) is 8.97. The molecule has 0 N–H and O–H groups in total. The molecule has 0 atom stereocenters. The Kier molecular flexibility index (Phi) is 6.19. The van der Waals surface area contributed by atoms with Crippen molar-refractivity contribution >= 4 is 17.7 Å². The zero-order valence-corrected chi connectivity index (χ0v) is 16.3. The van der Waals surface area contributed by atoms with Crippen molar-refractivity contribution < 1.29 is 19.1 Å². The summed E-state index contributed by atoms with van der Waals surface area (Å²) in [6.07, 6.45) is 0. The molecule has 0 unspecified atom stereocenters. The number of hydrogen-bond acceptors (Lipinski definition) is 4. The molecule has 0 aliphatic heterocycles. The van der Waals surface area contributed by atoms with E-state index in [-0.39, 0.29) is 11.7 Å². The van der Waals surface area contributed by atoms with Gasteiger partial charge in [0.15, 0.2) is 5.78 Å². The predicted octanol–water partition coefficient (Wildman–Crippen LogP) is 3.98. The lowest BCUT2D eigenvalue weighted by atomic mass is 9.97. The van der Waals surface area contributed by atoms with Crippen molar-refractivity contribution in [3.8, 4) is 0 Å². The molecule has 0 aliphatic carbocycles. The third-order valence-electron chi connectivity index (χ3n) is 4.58. The largest absolute Gasteiger partial charge is 0.465 e. The molecule has 0 aromatic heterocycles. The number of benzene rings is 3. The molecule has 0 bridgehead atoms. The summed E-state index contributed by atoms with van der Waals surface area (Å²) in [7, 11) is 3.01. The van der Waals surface area contributed by atoms with E-state index in [9.17, 15) is 14.4 Å². The van der Waals surface area contributed by atoms with Gasteiger partial charge in [0.05, 0.1) is 18.2 Å². The molecule has 0 heterocycles. The fourth-order valence-corrected chi connectivity index (χ4v) is 3.03. The van der Waals surface area contributed by atoms with Crippen LogP contribution in [0.3, 0.4) is 0 Å². The van der Waals surface area contributed by atoms with Gasteiger partial charge in [0.25, 0.3) is 5.91 Å². The van der Waals surface area contributed by atoms with Crippen molar-refractivity contribution in [2.75, 3.05) is 14.2 Å². The molecular formula is C24H21NO4. The van der Waals surface area contributed by atoms with Crippen LogP contribution in [0.15, 0.2) is 78.9 Å². The Morgan fingerprint density at radius 2 is 1.34 bits per heavy atom. The Morgan fingerprint density at radius 1 is 0.759 bits per heavy atom. The number of amides is 1. The summed E-state index contributed by atoms with van der Waals surface area (Å²) in [6.45, 7) is 0.341. The summed E-state index contributed by atoms with van der Waals surface area (Å²) >= 11 is 0. The van der Waals surface area contributed by atoms with Gasteiger partial charge in [0.2, 0.25) is 0 Å². The summed E-state index contributed by atoms with van der Waals surface area (Å²) in [4.78, 5) is 39.0. The highest BCUT2D eigenvalue weighted by Crippen LogP contribution is 2.18. The van der Waals surface area contributed by atoms with Crippen molar-refractivity contribution in [3.63, 3.8) is 0 Å². The monoisotopic (exact) mass is 387 g/mol. The van der Waals surface area contributed by atoms with Gasteiger partial charge in [-0.2, -0.15) is 0 Å². The number of rotatable bonds is 6. The molecule has 146 valence electrons. The van der Waals surface area contributed by atoms with Crippen molar-refractivity contribution in [1.29, 1.82) is 0 Å². The van der Waals surface area contributed by atoms with Crippen LogP contribution in [0.1, 0.15) is 42.2 Å². The number of nitrogens with zero attached hydrogens (tertiary/aromatic N) is 1. The topological polar surface area (TPSA) is 63.7 Å². The van der Waals surface area contributed by atoms with Crippen LogP contribution in [-0.2, 0) is 11.3 Å². The highest BCUT2D eigenvalue weighted by atomic mass is 16.5. The van der Waals surface area contributed by atoms with Gasteiger partial charge in [-0.05, 0) is 23.8 Å². The molecule has 0 radical (unpaired) electrons. The molecule has 3 aromatic carbocycles. The average Bonchev–Trinajstić information content (AvgIpc) is 2.78. The van der Waals surface area contributed by atoms with Crippen LogP contribution in [0.25, 0.3) is 0 Å². The van der Waals surface area contributed by atoms with E-state index < -0.39 is 5.97 Å². The molecule has 0 fully saturated rings. The predicted molar refractivity (Wildman–Crippen MR) is 110 cm³/mol. The minimum atomic E-state index is -0.408. The van der Waals surface area contributed by atoms with E-state index in [1.165, 1.54) is 7.11 Å². The maximum Gasteiger partial charge on any atom is 0.337 e. The number of esters is 1. The third kappa shape index (κ3) is 4.58. The molecule has 3 aromatic rings. The van der Waals surface area contributed by atoms with E-state index in [0.717, 1.165) is 5.56 Å². The zero-order valence-electron chi connectivity index (χ0n) is 16.3. The fraction of sp³-hybridized carbons (Fsp3) is 0.125. The average molecular weight is 387 g/mol. The molecule has 0 saturated heterocycles. The Morgan fingerprint density at radius 3 is 1.97 bits per heavy atom. The second-order valence-corrected chi connectivity index (χ2v) is 6.59. The van der Waals surface area contributed by atoms with Crippen molar-refractivity contribution in [1.82, 2.24) is 4.90 Å². The van der Waals surface area contributed by atoms with Crippen LogP contribution >= 0.6 is 0 Å². The number of methoxy groups -OCH3 is 1. The van der Waals surface area contributed by atoms with Crippen molar-refractivity contribution in [2.24, 2.45) is 0 Å². The van der Waals surface area contributed by atoms with E-state index in [2.05, 4.69) is 4.74 Å². The normalized spacial score (nSPS) is 10.3. The van der Waals surface area contributed by atoms with E-state index in [4.69, 9.17) is 0 Å². The van der Waals surface area contributed by atoms with Gasteiger partial charge in [-0.25, -0.2) is 4.79 Å². The maximum absolute atomic E-state index is 13.0. The number of ether oxygens (including phenoxy) is 1. The van der Waals surface area contributed by atoms with Crippen LogP contribution in [0.5, 0.6) is 0 Å². The fourth-order valence-electron chi connectivity index (χ4n) is 3.03. The first-order valence-electron chi connectivity index (χ1n) is 9.12. The van der Waals surface area contributed by atoms with Crippen molar-refractivity contribution in [2.45, 2.75) is 6.54 Å². The zero-order chi connectivity index (χ0) is 20.8. The molecule has 0 saturated carbocycles. The van der Waals surface area contributed by atoms with Crippen LogP contribution in [0, 0.1) is 0 Å². The minimum Gasteiger partial charge on any atom is -0.465 e. The van der Waals surface area contributed by atoms with Gasteiger partial charge in [-0.3, -0.25) is 9.59 Å². The van der Waals surface area contributed by atoms with E-state index in [1.807, 2.05) is 6.07 Å². The van der Waals surface area contributed by atoms with Gasteiger partial charge in [0, 0.05) is 24.7 Å². The SMILES string of the molecule is COC(=O)c1ccc(CN(C)C(=O)c2ccccc2C(=O)c2ccccc2)cc1. The van der Waals surface area contributed by atoms with Crippen LogP contribution < -0.4 is 0 Å². The number of hydrogen-bond donors (Lipinski definition) is 0. The smallest absolute Gasteiger partial charge is 0.337 e. The van der Waals surface area contributed by atoms with E-state index in [0.29, 0.717) is 28.8 Å². The standard InChI is InChI=1S/C24H21NO4/c1-25(16-17-12-14-19(15-13-17)24(28)29-2)23(27)21-11-7-6-10-20(21)22(26)18-8-4-3-5-9-18/h3-15H,16H2,1-2H3. The molecule has 5 heteroatoms. The summed E-state index contributed by atoms with van der Waals surface area (Å²) in [5.74, 6) is -0.846. The van der Waals surface area contributed by atoms with Crippen LogP contribution in [0.2, 0.25) is 0 Å². The summed E-state index contributed by atoms with van der Waals surface area (Å²) in [5, 5.41) is 0. The van der Waals surface area contributed by atoms with Gasteiger partial charge in [-0.15, -0.1) is 0 Å². The first-order valence-corrected chi connectivity index (χ1v) is 9.12. The Labute approximate surface area is 169 Å². The first kappa shape index (κ1) is 20.0. The summed E-state index contributed by atoms with van der Waals surface area (Å²) in [6, 6.07) is 22.6. The second-order valence-electron chi connectivity index (χ2n) is 6.59. The van der Waals surface area contributed by atoms with Gasteiger partial charge >= 0.3 is 5.97 Å². The van der Waals surface area contributed by atoms with Gasteiger partial charge < -0.3 is 9.64 Å². The molecule has 1 amide bonds. The van der Waals surface area contributed by atoms with Crippen LogP contribution in [0.4, 0.5) is 0 Å². The first-order chi connectivity index (χ1) is 14.0. The molecule has 0 aliphatic rings.